The molecule has 5 rings (SSSR count). The van der Waals surface area contributed by atoms with Gasteiger partial charge < -0.3 is 9.88 Å². The van der Waals surface area contributed by atoms with Crippen molar-refractivity contribution < 1.29 is 0 Å². The lowest BCUT2D eigenvalue weighted by atomic mass is 9.97. The van der Waals surface area contributed by atoms with E-state index in [2.05, 4.69) is 43.0 Å². The number of nitrogens with one attached hydrogen (secondary N) is 1. The summed E-state index contributed by atoms with van der Waals surface area (Å²) in [6.45, 7) is 2.03. The molecule has 1 aliphatic carbocycles. The van der Waals surface area contributed by atoms with Gasteiger partial charge in [0, 0.05) is 17.6 Å². The van der Waals surface area contributed by atoms with E-state index in [1.54, 1.807) is 6.33 Å². The first-order valence-electron chi connectivity index (χ1n) is 8.66. The molecule has 3 heterocycles. The lowest BCUT2D eigenvalue weighted by Crippen LogP contribution is -2.01. The third-order valence-corrected chi connectivity index (χ3v) is 6.32. The summed E-state index contributed by atoms with van der Waals surface area (Å²) < 4.78 is 2.11. The highest BCUT2D eigenvalue weighted by Crippen LogP contribution is 2.39. The minimum atomic E-state index is 0.913. The molecule has 4 aromatic rings. The molecule has 5 nitrogen and oxygen atoms in total. The molecule has 0 spiro atoms. The molecule has 126 valence electrons. The Morgan fingerprint density at radius 3 is 2.96 bits per heavy atom. The summed E-state index contributed by atoms with van der Waals surface area (Å²) in [6.07, 6.45) is 6.51. The van der Waals surface area contributed by atoms with Crippen LogP contribution in [0, 0.1) is 6.92 Å². The topological polar surface area (TPSA) is 55.6 Å². The van der Waals surface area contributed by atoms with Crippen LogP contribution < -0.4 is 5.32 Å². The Morgan fingerprint density at radius 2 is 2.04 bits per heavy atom. The molecule has 6 heteroatoms. The van der Waals surface area contributed by atoms with Crippen molar-refractivity contribution in [2.75, 3.05) is 5.32 Å². The summed E-state index contributed by atoms with van der Waals surface area (Å²) in [7, 11) is 2.05. The van der Waals surface area contributed by atoms with Crippen molar-refractivity contribution in [1.82, 2.24) is 19.5 Å². The molecular formula is C19H19N5S. The van der Waals surface area contributed by atoms with Gasteiger partial charge in [-0.15, -0.1) is 11.3 Å². The van der Waals surface area contributed by atoms with Crippen molar-refractivity contribution in [1.29, 1.82) is 0 Å². The molecule has 0 saturated carbocycles. The Hall–Kier alpha value is -2.47. The quantitative estimate of drug-likeness (QED) is 0.578. The minimum absolute atomic E-state index is 0.913. The molecule has 1 aliphatic rings. The molecule has 0 bridgehead atoms. The molecule has 0 saturated heterocycles. The van der Waals surface area contributed by atoms with E-state index in [0.29, 0.717) is 0 Å². The molecule has 0 atom stereocenters. The van der Waals surface area contributed by atoms with Crippen molar-refractivity contribution in [3.8, 4) is 0 Å². The second-order valence-corrected chi connectivity index (χ2v) is 7.74. The van der Waals surface area contributed by atoms with Gasteiger partial charge in [0.15, 0.2) is 0 Å². The van der Waals surface area contributed by atoms with Crippen molar-refractivity contribution in [2.24, 2.45) is 7.05 Å². The van der Waals surface area contributed by atoms with Crippen molar-refractivity contribution in [3.05, 3.63) is 40.8 Å². The third-order valence-electron chi connectivity index (χ3n) is 5.12. The summed E-state index contributed by atoms with van der Waals surface area (Å²) in [4.78, 5) is 16.3. The molecule has 1 N–H and O–H groups in total. The van der Waals surface area contributed by atoms with Crippen LogP contribution in [0.15, 0.2) is 24.5 Å². The van der Waals surface area contributed by atoms with E-state index < -0.39 is 0 Å². The van der Waals surface area contributed by atoms with E-state index in [4.69, 9.17) is 0 Å². The van der Waals surface area contributed by atoms with Gasteiger partial charge in [-0.05, 0) is 56.4 Å². The number of hydrogen-bond acceptors (Lipinski definition) is 5. The number of hydrogen-bond donors (Lipinski definition) is 1. The molecule has 3 aromatic heterocycles. The zero-order valence-electron chi connectivity index (χ0n) is 14.3. The number of thiophene rings is 1. The predicted octanol–water partition coefficient (Wildman–Crippen LogP) is 4.51. The monoisotopic (exact) mass is 349 g/mol. The SMILES string of the molecule is Cc1nc2cc(Nc3ncnc4sc5c(c34)CCCC5)ccc2n1C. The first-order chi connectivity index (χ1) is 12.2. The molecular weight excluding hydrogens is 330 g/mol. The van der Waals surface area contributed by atoms with E-state index in [-0.39, 0.29) is 0 Å². The first-order valence-corrected chi connectivity index (χ1v) is 9.48. The van der Waals surface area contributed by atoms with Crippen molar-refractivity contribution in [2.45, 2.75) is 32.6 Å². The number of nitrogens with zero attached hydrogens (tertiary/aromatic N) is 4. The molecule has 0 radical (unpaired) electrons. The molecule has 0 aliphatic heterocycles. The summed E-state index contributed by atoms with van der Waals surface area (Å²) in [5, 5.41) is 4.72. The van der Waals surface area contributed by atoms with Gasteiger partial charge >= 0.3 is 0 Å². The first kappa shape index (κ1) is 14.8. The van der Waals surface area contributed by atoms with Gasteiger partial charge in [0.25, 0.3) is 0 Å². The average Bonchev–Trinajstić information content (AvgIpc) is 3.13. The Kier molecular flexibility index (Phi) is 3.28. The Bertz CT molecular complexity index is 1110. The van der Waals surface area contributed by atoms with Gasteiger partial charge in [-0.25, -0.2) is 15.0 Å². The van der Waals surface area contributed by atoms with Gasteiger partial charge in [0.2, 0.25) is 0 Å². The Balaban J connectivity index is 1.61. The maximum Gasteiger partial charge on any atom is 0.142 e. The Labute approximate surface area is 149 Å². The highest BCUT2D eigenvalue weighted by Gasteiger charge is 2.20. The van der Waals surface area contributed by atoms with Crippen LogP contribution in [0.4, 0.5) is 11.5 Å². The standard InChI is InChI=1S/C19H19N5S/c1-11-22-14-9-12(7-8-15(14)24(11)2)23-18-17-13-5-3-4-6-16(13)25-19(17)21-10-20-18/h7-10H,3-6H2,1-2H3,(H,20,21,23). The highest BCUT2D eigenvalue weighted by atomic mass is 32.1. The van der Waals surface area contributed by atoms with Crippen LogP contribution in [-0.2, 0) is 19.9 Å². The highest BCUT2D eigenvalue weighted by molar-refractivity contribution is 7.19. The van der Waals surface area contributed by atoms with Crippen LogP contribution in [0.25, 0.3) is 21.3 Å². The van der Waals surface area contributed by atoms with Gasteiger partial charge in [-0.2, -0.15) is 0 Å². The number of rotatable bonds is 2. The smallest absolute Gasteiger partial charge is 0.142 e. The fourth-order valence-corrected chi connectivity index (χ4v) is 4.95. The predicted molar refractivity (Wildman–Crippen MR) is 103 cm³/mol. The van der Waals surface area contributed by atoms with Crippen molar-refractivity contribution in [3.63, 3.8) is 0 Å². The molecule has 0 amide bonds. The molecule has 1 aromatic carbocycles. The molecule has 0 fully saturated rings. The summed E-state index contributed by atoms with van der Waals surface area (Å²) in [5.74, 6) is 1.93. The van der Waals surface area contributed by atoms with Crippen LogP contribution in [-0.4, -0.2) is 19.5 Å². The summed E-state index contributed by atoms with van der Waals surface area (Å²) in [6, 6.07) is 6.30. The zero-order chi connectivity index (χ0) is 17.0. The fraction of sp³-hybridized carbons (Fsp3) is 0.316. The van der Waals surface area contributed by atoms with Gasteiger partial charge in [0.05, 0.1) is 16.4 Å². The van der Waals surface area contributed by atoms with Gasteiger partial charge in [0.1, 0.15) is 22.8 Å². The zero-order valence-corrected chi connectivity index (χ0v) is 15.2. The average molecular weight is 349 g/mol. The van der Waals surface area contributed by atoms with Crippen molar-refractivity contribution >= 4 is 44.1 Å². The van der Waals surface area contributed by atoms with E-state index in [0.717, 1.165) is 39.6 Å². The van der Waals surface area contributed by atoms with E-state index in [1.165, 1.54) is 35.1 Å². The normalized spacial score (nSPS) is 14.2. The second kappa shape index (κ2) is 5.52. The summed E-state index contributed by atoms with van der Waals surface area (Å²) >= 11 is 1.83. The fourth-order valence-electron chi connectivity index (χ4n) is 3.72. The van der Waals surface area contributed by atoms with E-state index in [1.807, 2.05) is 25.3 Å². The number of benzene rings is 1. The Morgan fingerprint density at radius 1 is 1.16 bits per heavy atom. The molecule has 25 heavy (non-hydrogen) atoms. The lowest BCUT2D eigenvalue weighted by Gasteiger charge is -2.12. The number of aryl methyl sites for hydroxylation is 4. The van der Waals surface area contributed by atoms with Crippen LogP contribution >= 0.6 is 11.3 Å². The minimum Gasteiger partial charge on any atom is -0.340 e. The largest absolute Gasteiger partial charge is 0.340 e. The number of aromatic nitrogens is 4. The van der Waals surface area contributed by atoms with E-state index in [9.17, 15) is 0 Å². The number of imidazole rings is 1. The maximum atomic E-state index is 4.63. The maximum absolute atomic E-state index is 4.63. The van der Waals surface area contributed by atoms with Crippen LogP contribution in [0.5, 0.6) is 0 Å². The number of anilines is 2. The van der Waals surface area contributed by atoms with Crippen LogP contribution in [0.1, 0.15) is 29.1 Å². The van der Waals surface area contributed by atoms with E-state index >= 15 is 0 Å². The number of fused-ring (bicyclic) bond motifs is 4. The summed E-state index contributed by atoms with van der Waals surface area (Å²) in [5.41, 5.74) is 4.61. The van der Waals surface area contributed by atoms with Gasteiger partial charge in [-0.1, -0.05) is 0 Å². The van der Waals surface area contributed by atoms with Crippen LogP contribution in [0.2, 0.25) is 0 Å². The third kappa shape index (κ3) is 2.32. The second-order valence-electron chi connectivity index (χ2n) is 6.66. The van der Waals surface area contributed by atoms with Gasteiger partial charge in [-0.3, -0.25) is 0 Å². The lowest BCUT2D eigenvalue weighted by molar-refractivity contribution is 0.700. The van der Waals surface area contributed by atoms with Crippen LogP contribution in [0.3, 0.4) is 0 Å². The molecule has 0 unspecified atom stereocenters.